The molecule has 0 aliphatic rings. The number of phenolic OH excluding ortho intramolecular Hbond substituents is 2. The van der Waals surface area contributed by atoms with Crippen molar-refractivity contribution in [2.24, 2.45) is 0 Å². The molecule has 0 aliphatic heterocycles. The van der Waals surface area contributed by atoms with Gasteiger partial charge in [-0.3, -0.25) is 0 Å². The molecule has 0 fully saturated rings. The van der Waals surface area contributed by atoms with Crippen molar-refractivity contribution in [1.82, 2.24) is 0 Å². The molecule has 0 aromatic heterocycles. The van der Waals surface area contributed by atoms with Crippen LogP contribution in [0.3, 0.4) is 0 Å². The first kappa shape index (κ1) is 30.3. The van der Waals surface area contributed by atoms with Crippen LogP contribution in [0.4, 0.5) is 0 Å². The summed E-state index contributed by atoms with van der Waals surface area (Å²) in [5, 5.41) is 20.5. The Bertz CT molecular complexity index is 809. The SMILES string of the molecule is CC(C)c1ccc(C(C)CCCCCCCCCCCCC(C)c2ccc(C(C)C)c(O)c2)cc1O. The van der Waals surface area contributed by atoms with Crippen molar-refractivity contribution in [2.75, 3.05) is 0 Å². The van der Waals surface area contributed by atoms with Crippen LogP contribution in [-0.2, 0) is 0 Å². The molecular formula is C34H54O2. The highest BCUT2D eigenvalue weighted by Crippen LogP contribution is 2.32. The Morgan fingerprint density at radius 2 is 0.778 bits per heavy atom. The first-order chi connectivity index (χ1) is 17.2. The predicted octanol–water partition coefficient (Wildman–Crippen LogP) is 10.9. The summed E-state index contributed by atoms with van der Waals surface area (Å²) in [6.07, 6.45) is 15.8. The summed E-state index contributed by atoms with van der Waals surface area (Å²) in [7, 11) is 0. The highest BCUT2D eigenvalue weighted by atomic mass is 16.3. The smallest absolute Gasteiger partial charge is 0.119 e. The molecule has 0 amide bonds. The van der Waals surface area contributed by atoms with Gasteiger partial charge in [-0.05, 0) is 70.9 Å². The molecule has 36 heavy (non-hydrogen) atoms. The van der Waals surface area contributed by atoms with Crippen molar-refractivity contribution < 1.29 is 10.2 Å². The molecule has 2 aromatic rings. The lowest BCUT2D eigenvalue weighted by Gasteiger charge is -2.15. The Hall–Kier alpha value is -1.96. The zero-order valence-electron chi connectivity index (χ0n) is 24.2. The van der Waals surface area contributed by atoms with Gasteiger partial charge >= 0.3 is 0 Å². The van der Waals surface area contributed by atoms with E-state index in [-0.39, 0.29) is 0 Å². The van der Waals surface area contributed by atoms with E-state index in [1.807, 2.05) is 12.1 Å². The van der Waals surface area contributed by atoms with Crippen molar-refractivity contribution in [3.8, 4) is 11.5 Å². The summed E-state index contributed by atoms with van der Waals surface area (Å²) in [6, 6.07) is 12.6. The average Bonchev–Trinajstić information content (AvgIpc) is 2.83. The van der Waals surface area contributed by atoms with Gasteiger partial charge in [-0.15, -0.1) is 0 Å². The molecule has 2 rings (SSSR count). The fraction of sp³-hybridized carbons (Fsp3) is 0.647. The topological polar surface area (TPSA) is 40.5 Å². The summed E-state index contributed by atoms with van der Waals surface area (Å²) < 4.78 is 0. The van der Waals surface area contributed by atoms with Gasteiger partial charge in [0.15, 0.2) is 0 Å². The van der Waals surface area contributed by atoms with Gasteiger partial charge in [0.25, 0.3) is 0 Å². The molecule has 202 valence electrons. The normalized spacial score (nSPS) is 13.4. The van der Waals surface area contributed by atoms with Crippen LogP contribution in [0.25, 0.3) is 0 Å². The predicted molar refractivity (Wildman–Crippen MR) is 157 cm³/mol. The first-order valence-corrected chi connectivity index (χ1v) is 14.9. The third kappa shape index (κ3) is 10.2. The molecule has 0 bridgehead atoms. The van der Waals surface area contributed by atoms with E-state index >= 15 is 0 Å². The highest BCUT2D eigenvalue weighted by molar-refractivity contribution is 5.40. The Balaban J connectivity index is 1.47. The van der Waals surface area contributed by atoms with E-state index in [4.69, 9.17) is 0 Å². The summed E-state index contributed by atoms with van der Waals surface area (Å²) in [5.41, 5.74) is 4.64. The molecule has 0 saturated carbocycles. The largest absolute Gasteiger partial charge is 0.508 e. The van der Waals surface area contributed by atoms with Crippen molar-refractivity contribution in [2.45, 2.75) is 142 Å². The Labute approximate surface area is 222 Å². The van der Waals surface area contributed by atoms with Gasteiger partial charge in [-0.1, -0.05) is 130 Å². The van der Waals surface area contributed by atoms with Crippen molar-refractivity contribution in [1.29, 1.82) is 0 Å². The third-order valence-electron chi connectivity index (χ3n) is 8.02. The zero-order valence-corrected chi connectivity index (χ0v) is 24.2. The molecule has 2 aromatic carbocycles. The summed E-state index contributed by atoms with van der Waals surface area (Å²) in [6.45, 7) is 13.1. The number of benzene rings is 2. The maximum atomic E-state index is 10.3. The van der Waals surface area contributed by atoms with E-state index < -0.39 is 0 Å². The van der Waals surface area contributed by atoms with Gasteiger partial charge in [-0.2, -0.15) is 0 Å². The van der Waals surface area contributed by atoms with Gasteiger partial charge in [0.1, 0.15) is 11.5 Å². The van der Waals surface area contributed by atoms with Crippen LogP contribution >= 0.6 is 0 Å². The second kappa shape index (κ2) is 16.0. The van der Waals surface area contributed by atoms with Gasteiger partial charge in [0.2, 0.25) is 0 Å². The van der Waals surface area contributed by atoms with Crippen LogP contribution in [0.15, 0.2) is 36.4 Å². The van der Waals surface area contributed by atoms with Crippen LogP contribution in [0.2, 0.25) is 0 Å². The van der Waals surface area contributed by atoms with Crippen molar-refractivity contribution >= 4 is 0 Å². The molecule has 2 N–H and O–H groups in total. The third-order valence-corrected chi connectivity index (χ3v) is 8.02. The van der Waals surface area contributed by atoms with Crippen molar-refractivity contribution in [3.63, 3.8) is 0 Å². The number of hydrogen-bond donors (Lipinski definition) is 2. The van der Waals surface area contributed by atoms with E-state index in [9.17, 15) is 10.2 Å². The second-order valence-corrected chi connectivity index (χ2v) is 11.9. The number of phenols is 2. The minimum Gasteiger partial charge on any atom is -0.508 e. The van der Waals surface area contributed by atoms with E-state index in [0.717, 1.165) is 11.1 Å². The second-order valence-electron chi connectivity index (χ2n) is 11.9. The molecule has 0 saturated heterocycles. The first-order valence-electron chi connectivity index (χ1n) is 14.9. The quantitative estimate of drug-likeness (QED) is 0.215. The molecule has 0 radical (unpaired) electrons. The number of hydrogen-bond acceptors (Lipinski definition) is 2. The Morgan fingerprint density at radius 1 is 0.472 bits per heavy atom. The number of aromatic hydroxyl groups is 2. The lowest BCUT2D eigenvalue weighted by Crippen LogP contribution is -1.96. The molecule has 0 heterocycles. The highest BCUT2D eigenvalue weighted by Gasteiger charge is 2.12. The molecule has 2 nitrogen and oxygen atoms in total. The van der Waals surface area contributed by atoms with Gasteiger partial charge in [-0.25, -0.2) is 0 Å². The minimum atomic E-state index is 0.368. The summed E-state index contributed by atoms with van der Waals surface area (Å²) >= 11 is 0. The van der Waals surface area contributed by atoms with Crippen LogP contribution in [0, 0.1) is 0 Å². The Morgan fingerprint density at radius 3 is 1.06 bits per heavy atom. The lowest BCUT2D eigenvalue weighted by atomic mass is 9.91. The fourth-order valence-corrected chi connectivity index (χ4v) is 5.36. The maximum absolute atomic E-state index is 10.3. The standard InChI is InChI=1S/C34H54O2/c1-25(2)31-21-19-29(23-33(31)35)27(5)17-15-13-11-9-7-8-10-12-14-16-18-28(6)30-20-22-32(26(3)4)34(36)24-30/h19-28,35-36H,7-18H2,1-6H3. The van der Waals surface area contributed by atoms with E-state index in [0.29, 0.717) is 35.2 Å². The minimum absolute atomic E-state index is 0.368. The van der Waals surface area contributed by atoms with Crippen LogP contribution < -0.4 is 0 Å². The molecule has 0 spiro atoms. The van der Waals surface area contributed by atoms with Gasteiger partial charge < -0.3 is 10.2 Å². The molecule has 2 heteroatoms. The molecular weight excluding hydrogens is 440 g/mol. The molecule has 2 unspecified atom stereocenters. The number of unbranched alkanes of at least 4 members (excludes halogenated alkanes) is 9. The van der Waals surface area contributed by atoms with E-state index in [1.165, 1.54) is 88.2 Å². The Kier molecular flexibility index (Phi) is 13.5. The molecule has 2 atom stereocenters. The molecule has 0 aliphatic carbocycles. The van der Waals surface area contributed by atoms with E-state index in [1.54, 1.807) is 0 Å². The van der Waals surface area contributed by atoms with Crippen LogP contribution in [0.5, 0.6) is 11.5 Å². The summed E-state index contributed by atoms with van der Waals surface area (Å²) in [5.74, 6) is 2.69. The lowest BCUT2D eigenvalue weighted by molar-refractivity contribution is 0.461. The van der Waals surface area contributed by atoms with Gasteiger partial charge in [0.05, 0.1) is 0 Å². The average molecular weight is 495 g/mol. The van der Waals surface area contributed by atoms with Crippen LogP contribution in [0.1, 0.15) is 165 Å². The fourth-order valence-electron chi connectivity index (χ4n) is 5.36. The maximum Gasteiger partial charge on any atom is 0.119 e. The van der Waals surface area contributed by atoms with Crippen molar-refractivity contribution in [3.05, 3.63) is 58.7 Å². The number of rotatable bonds is 17. The van der Waals surface area contributed by atoms with Gasteiger partial charge in [0, 0.05) is 0 Å². The summed E-state index contributed by atoms with van der Waals surface area (Å²) in [4.78, 5) is 0. The zero-order chi connectivity index (χ0) is 26.5. The monoisotopic (exact) mass is 494 g/mol. The van der Waals surface area contributed by atoms with E-state index in [2.05, 4.69) is 65.8 Å². The van der Waals surface area contributed by atoms with Crippen LogP contribution in [-0.4, -0.2) is 10.2 Å².